The minimum atomic E-state index is -6.06. The van der Waals surface area contributed by atoms with Crippen molar-refractivity contribution in [3.05, 3.63) is 0 Å². The van der Waals surface area contributed by atoms with Gasteiger partial charge in [0.25, 0.3) is 0 Å². The molecule has 0 aromatic carbocycles. The Morgan fingerprint density at radius 2 is 1.70 bits per heavy atom. The van der Waals surface area contributed by atoms with E-state index in [0.717, 1.165) is 0 Å². The SMILES string of the molecule is O=P([O-])([O-])C(O)(CC1CCC(F)(F)C1)P(=O)(O)O.[Na+].[Na+]. The molecule has 2 unspecified atom stereocenters. The second kappa shape index (κ2) is 7.79. The Morgan fingerprint density at radius 1 is 1.25 bits per heavy atom. The summed E-state index contributed by atoms with van der Waals surface area (Å²) < 4.78 is 47.4. The number of aliphatic hydroxyl groups is 1. The fourth-order valence-corrected chi connectivity index (χ4v) is 4.25. The zero-order chi connectivity index (χ0) is 14.4. The molecule has 0 bridgehead atoms. The summed E-state index contributed by atoms with van der Waals surface area (Å²) in [6.45, 7) is 0. The molecule has 0 aromatic heterocycles. The molecule has 2 atom stereocenters. The summed E-state index contributed by atoms with van der Waals surface area (Å²) in [7, 11) is -11.7. The van der Waals surface area contributed by atoms with Crippen LogP contribution >= 0.6 is 15.2 Å². The fraction of sp³-hybridized carbons (Fsp3) is 1.00. The number of halogens is 2. The second-order valence-electron chi connectivity index (χ2n) is 4.48. The van der Waals surface area contributed by atoms with E-state index in [0.29, 0.717) is 0 Å². The van der Waals surface area contributed by atoms with E-state index >= 15 is 0 Å². The van der Waals surface area contributed by atoms with Gasteiger partial charge >= 0.3 is 66.7 Å². The molecular formula is C7H12F2Na2O7P2. The fourth-order valence-electron chi connectivity index (χ4n) is 1.99. The molecule has 108 valence electrons. The van der Waals surface area contributed by atoms with Crippen LogP contribution in [0, 0.1) is 5.92 Å². The zero-order valence-electron chi connectivity index (χ0n) is 11.0. The van der Waals surface area contributed by atoms with Crippen LogP contribution < -0.4 is 68.9 Å². The molecule has 0 saturated heterocycles. The Morgan fingerprint density at radius 3 is 1.95 bits per heavy atom. The average molecular weight is 354 g/mol. The molecule has 1 aliphatic rings. The monoisotopic (exact) mass is 354 g/mol. The zero-order valence-corrected chi connectivity index (χ0v) is 16.8. The molecule has 1 rings (SSSR count). The van der Waals surface area contributed by atoms with E-state index in [2.05, 4.69) is 0 Å². The van der Waals surface area contributed by atoms with Gasteiger partial charge in [-0.2, -0.15) is 0 Å². The largest absolute Gasteiger partial charge is 1.00 e. The van der Waals surface area contributed by atoms with Crippen molar-refractivity contribution in [2.45, 2.75) is 36.7 Å². The summed E-state index contributed by atoms with van der Waals surface area (Å²) in [6, 6.07) is 0. The third-order valence-corrected chi connectivity index (χ3v) is 6.67. The Bertz CT molecular complexity index is 401. The minimum absolute atomic E-state index is 0. The first kappa shape index (κ1) is 24.4. The predicted octanol–water partition coefficient (Wildman–Crippen LogP) is -6.44. The molecule has 3 N–H and O–H groups in total. The topological polar surface area (TPSA) is 141 Å². The van der Waals surface area contributed by atoms with E-state index in [9.17, 15) is 32.8 Å². The van der Waals surface area contributed by atoms with Crippen LogP contribution in [0.25, 0.3) is 0 Å². The average Bonchev–Trinajstić information content (AvgIpc) is 2.41. The van der Waals surface area contributed by atoms with Gasteiger partial charge in [-0.15, -0.1) is 0 Å². The maximum atomic E-state index is 12.9. The molecule has 0 aromatic rings. The Kier molecular flexibility index (Phi) is 9.50. The molecular weight excluding hydrogens is 342 g/mol. The smallest absolute Gasteiger partial charge is 0.808 e. The van der Waals surface area contributed by atoms with Gasteiger partial charge in [0.2, 0.25) is 5.92 Å². The van der Waals surface area contributed by atoms with Crippen LogP contribution in [0.15, 0.2) is 0 Å². The van der Waals surface area contributed by atoms with Crippen LogP contribution in [0.2, 0.25) is 0 Å². The van der Waals surface area contributed by atoms with Gasteiger partial charge in [-0.1, -0.05) is 0 Å². The Hall–Kier alpha value is 2.12. The van der Waals surface area contributed by atoms with Gasteiger partial charge in [0.1, 0.15) is 0 Å². The first-order chi connectivity index (χ1) is 7.79. The first-order valence-electron chi connectivity index (χ1n) is 4.96. The van der Waals surface area contributed by atoms with E-state index in [1.54, 1.807) is 0 Å². The van der Waals surface area contributed by atoms with Crippen molar-refractivity contribution in [3.8, 4) is 0 Å². The minimum Gasteiger partial charge on any atom is -0.808 e. The van der Waals surface area contributed by atoms with Crippen LogP contribution in [0.1, 0.15) is 25.7 Å². The summed E-state index contributed by atoms with van der Waals surface area (Å²) in [4.78, 5) is 39.1. The Balaban J connectivity index is 0. The number of rotatable bonds is 4. The van der Waals surface area contributed by atoms with E-state index in [-0.39, 0.29) is 65.5 Å². The van der Waals surface area contributed by atoms with Gasteiger partial charge in [-0.05, 0) is 26.4 Å². The summed E-state index contributed by atoms with van der Waals surface area (Å²) in [5.74, 6) is -4.20. The van der Waals surface area contributed by atoms with Crippen LogP contribution in [-0.2, 0) is 9.13 Å². The number of hydrogen-bond donors (Lipinski definition) is 3. The normalized spacial score (nSPS) is 25.2. The third kappa shape index (κ3) is 5.64. The summed E-state index contributed by atoms with van der Waals surface area (Å²) in [5.41, 5.74) is 0. The van der Waals surface area contributed by atoms with Crippen molar-refractivity contribution < 1.29 is 102 Å². The molecule has 20 heavy (non-hydrogen) atoms. The molecule has 7 nitrogen and oxygen atoms in total. The van der Waals surface area contributed by atoms with Gasteiger partial charge < -0.3 is 29.2 Å². The second-order valence-corrected chi connectivity index (χ2v) is 8.40. The molecule has 0 amide bonds. The van der Waals surface area contributed by atoms with Crippen molar-refractivity contribution in [2.75, 3.05) is 0 Å². The molecule has 0 radical (unpaired) electrons. The van der Waals surface area contributed by atoms with Crippen molar-refractivity contribution in [1.29, 1.82) is 0 Å². The van der Waals surface area contributed by atoms with Crippen LogP contribution in [0.5, 0.6) is 0 Å². The number of alkyl halides is 2. The maximum absolute atomic E-state index is 12.9. The molecule has 1 fully saturated rings. The quantitative estimate of drug-likeness (QED) is 0.337. The molecule has 13 heteroatoms. The van der Waals surface area contributed by atoms with Gasteiger partial charge in [-0.3, -0.25) is 4.57 Å². The Labute approximate surface area is 158 Å². The maximum Gasteiger partial charge on any atom is 1.00 e. The molecule has 0 spiro atoms. The predicted molar refractivity (Wildman–Crippen MR) is 51.5 cm³/mol. The van der Waals surface area contributed by atoms with Crippen molar-refractivity contribution in [2.24, 2.45) is 5.92 Å². The van der Waals surface area contributed by atoms with Crippen LogP contribution in [0.3, 0.4) is 0 Å². The van der Waals surface area contributed by atoms with Crippen LogP contribution in [-0.4, -0.2) is 25.9 Å². The summed E-state index contributed by atoms with van der Waals surface area (Å²) in [6.07, 6.45) is -2.78. The van der Waals surface area contributed by atoms with E-state index in [1.807, 2.05) is 0 Å². The summed E-state index contributed by atoms with van der Waals surface area (Å²) >= 11 is 0. The van der Waals surface area contributed by atoms with E-state index in [1.165, 1.54) is 0 Å². The van der Waals surface area contributed by atoms with Gasteiger partial charge in [0.05, 0.1) is 0 Å². The molecule has 0 heterocycles. The van der Waals surface area contributed by atoms with Crippen LogP contribution in [0.4, 0.5) is 8.78 Å². The van der Waals surface area contributed by atoms with Crippen molar-refractivity contribution >= 4 is 15.2 Å². The van der Waals surface area contributed by atoms with Gasteiger partial charge in [0.15, 0.2) is 5.08 Å². The van der Waals surface area contributed by atoms with Gasteiger partial charge in [0, 0.05) is 12.8 Å². The standard InChI is InChI=1S/C7H14F2O7P2.2Na/c8-6(9)2-1-5(3-6)4-7(10,17(11,12)13)18(14,15)16;;/h5,10H,1-4H2,(H2,11,12,13)(H2,14,15,16);;/q;2*+1/p-2. The van der Waals surface area contributed by atoms with Gasteiger partial charge in [-0.25, -0.2) is 8.78 Å². The third-order valence-electron chi connectivity index (χ3n) is 2.97. The number of hydrogen-bond acceptors (Lipinski definition) is 5. The molecule has 1 aliphatic carbocycles. The van der Waals surface area contributed by atoms with Crippen molar-refractivity contribution in [3.63, 3.8) is 0 Å². The van der Waals surface area contributed by atoms with E-state index in [4.69, 9.17) is 9.79 Å². The summed E-state index contributed by atoms with van der Waals surface area (Å²) in [5, 5.41) is 5.60. The van der Waals surface area contributed by atoms with Crippen molar-refractivity contribution in [1.82, 2.24) is 0 Å². The molecule has 0 aliphatic heterocycles. The van der Waals surface area contributed by atoms with E-state index < -0.39 is 51.4 Å². The molecule has 1 saturated carbocycles. The first-order valence-corrected chi connectivity index (χ1v) is 8.12.